The molecule has 1 N–H and O–H groups in total. The molecule has 2 aliphatic rings. The SMILES string of the molecule is CC1CCCC1N1C(=O)CC(=O)NC1=O. The molecule has 15 heavy (non-hydrogen) atoms. The molecule has 1 aliphatic carbocycles. The third-order valence-electron chi connectivity index (χ3n) is 3.19. The summed E-state index contributed by atoms with van der Waals surface area (Å²) < 4.78 is 0. The zero-order chi connectivity index (χ0) is 11.0. The number of nitrogens with zero attached hydrogens (tertiary/aromatic N) is 1. The zero-order valence-electron chi connectivity index (χ0n) is 8.66. The Bertz CT molecular complexity index is 307. The molecule has 5 nitrogen and oxygen atoms in total. The van der Waals surface area contributed by atoms with Crippen LogP contribution in [0.3, 0.4) is 0 Å². The average Bonchev–Trinajstić information content (AvgIpc) is 2.50. The van der Waals surface area contributed by atoms with Gasteiger partial charge in [-0.15, -0.1) is 0 Å². The lowest BCUT2D eigenvalue weighted by Crippen LogP contribution is -2.57. The number of urea groups is 1. The molecule has 2 fully saturated rings. The van der Waals surface area contributed by atoms with E-state index in [1.54, 1.807) is 0 Å². The number of barbiturate groups is 1. The van der Waals surface area contributed by atoms with Crippen molar-refractivity contribution in [1.82, 2.24) is 10.2 Å². The van der Waals surface area contributed by atoms with Gasteiger partial charge in [0.2, 0.25) is 11.8 Å². The molecule has 0 aromatic heterocycles. The third-order valence-corrected chi connectivity index (χ3v) is 3.19. The number of carbonyl (C=O) groups excluding carboxylic acids is 3. The van der Waals surface area contributed by atoms with Gasteiger partial charge in [-0.2, -0.15) is 0 Å². The van der Waals surface area contributed by atoms with Crippen LogP contribution >= 0.6 is 0 Å². The van der Waals surface area contributed by atoms with E-state index in [0.717, 1.165) is 19.3 Å². The Hall–Kier alpha value is -1.39. The average molecular weight is 210 g/mol. The maximum Gasteiger partial charge on any atom is 0.331 e. The van der Waals surface area contributed by atoms with Crippen molar-refractivity contribution in [2.45, 2.75) is 38.6 Å². The van der Waals surface area contributed by atoms with Gasteiger partial charge < -0.3 is 0 Å². The Morgan fingerprint density at radius 3 is 2.53 bits per heavy atom. The molecule has 0 aromatic carbocycles. The van der Waals surface area contributed by atoms with Crippen molar-refractivity contribution in [3.63, 3.8) is 0 Å². The molecule has 1 saturated carbocycles. The normalized spacial score (nSPS) is 32.1. The van der Waals surface area contributed by atoms with Crippen LogP contribution < -0.4 is 5.32 Å². The molecule has 82 valence electrons. The molecule has 0 bridgehead atoms. The Kier molecular flexibility index (Phi) is 2.46. The second-order valence-electron chi connectivity index (χ2n) is 4.27. The number of hydrogen-bond donors (Lipinski definition) is 1. The van der Waals surface area contributed by atoms with Crippen molar-refractivity contribution in [3.05, 3.63) is 0 Å². The fraction of sp³-hybridized carbons (Fsp3) is 0.700. The van der Waals surface area contributed by atoms with Crippen LogP contribution in [-0.4, -0.2) is 28.8 Å². The minimum atomic E-state index is -0.546. The first-order valence-electron chi connectivity index (χ1n) is 5.25. The Balaban J connectivity index is 2.16. The van der Waals surface area contributed by atoms with Gasteiger partial charge in [-0.3, -0.25) is 19.8 Å². The second kappa shape index (κ2) is 3.64. The van der Waals surface area contributed by atoms with Crippen LogP contribution in [0.25, 0.3) is 0 Å². The number of rotatable bonds is 1. The molecule has 2 unspecified atom stereocenters. The van der Waals surface area contributed by atoms with Crippen molar-refractivity contribution in [2.75, 3.05) is 0 Å². The number of amides is 4. The number of carbonyl (C=O) groups is 3. The lowest BCUT2D eigenvalue weighted by atomic mass is 10.0. The predicted molar refractivity (Wildman–Crippen MR) is 51.8 cm³/mol. The highest BCUT2D eigenvalue weighted by Gasteiger charge is 2.39. The van der Waals surface area contributed by atoms with Crippen molar-refractivity contribution >= 4 is 17.8 Å². The van der Waals surface area contributed by atoms with Crippen LogP contribution in [0.5, 0.6) is 0 Å². The molecule has 0 aromatic rings. The Morgan fingerprint density at radius 2 is 2.00 bits per heavy atom. The Labute approximate surface area is 87.8 Å². The maximum absolute atomic E-state index is 11.6. The van der Waals surface area contributed by atoms with E-state index in [1.807, 2.05) is 6.92 Å². The minimum Gasteiger partial charge on any atom is -0.277 e. The fourth-order valence-corrected chi connectivity index (χ4v) is 2.40. The molecule has 2 rings (SSSR count). The zero-order valence-corrected chi connectivity index (χ0v) is 8.66. The van der Waals surface area contributed by atoms with E-state index < -0.39 is 11.9 Å². The van der Waals surface area contributed by atoms with Gasteiger partial charge in [0, 0.05) is 6.04 Å². The lowest BCUT2D eigenvalue weighted by Gasteiger charge is -2.32. The molecule has 1 saturated heterocycles. The molecule has 5 heteroatoms. The smallest absolute Gasteiger partial charge is 0.277 e. The van der Waals surface area contributed by atoms with Crippen LogP contribution in [-0.2, 0) is 9.59 Å². The first-order valence-corrected chi connectivity index (χ1v) is 5.25. The minimum absolute atomic E-state index is 0.0226. The van der Waals surface area contributed by atoms with Crippen molar-refractivity contribution in [2.24, 2.45) is 5.92 Å². The highest BCUT2D eigenvalue weighted by atomic mass is 16.2. The van der Waals surface area contributed by atoms with E-state index in [1.165, 1.54) is 4.90 Å². The van der Waals surface area contributed by atoms with E-state index >= 15 is 0 Å². The van der Waals surface area contributed by atoms with Crippen molar-refractivity contribution < 1.29 is 14.4 Å². The van der Waals surface area contributed by atoms with E-state index in [0.29, 0.717) is 5.92 Å². The van der Waals surface area contributed by atoms with Gasteiger partial charge in [0.25, 0.3) is 0 Å². The van der Waals surface area contributed by atoms with Gasteiger partial charge >= 0.3 is 6.03 Å². The molecule has 0 spiro atoms. The summed E-state index contributed by atoms with van der Waals surface area (Å²) in [6.07, 6.45) is 2.73. The third kappa shape index (κ3) is 1.73. The lowest BCUT2D eigenvalue weighted by molar-refractivity contribution is -0.138. The summed E-state index contributed by atoms with van der Waals surface area (Å²) in [6.45, 7) is 2.04. The quantitative estimate of drug-likeness (QED) is 0.646. The fourth-order valence-electron chi connectivity index (χ4n) is 2.40. The molecular formula is C10H14N2O3. The summed E-state index contributed by atoms with van der Waals surface area (Å²) in [7, 11) is 0. The number of imide groups is 2. The van der Waals surface area contributed by atoms with Gasteiger partial charge in [0.1, 0.15) is 6.42 Å². The van der Waals surface area contributed by atoms with E-state index in [4.69, 9.17) is 0 Å². The van der Waals surface area contributed by atoms with E-state index in [9.17, 15) is 14.4 Å². The van der Waals surface area contributed by atoms with Crippen LogP contribution in [0.1, 0.15) is 32.6 Å². The topological polar surface area (TPSA) is 66.5 Å². The van der Waals surface area contributed by atoms with Crippen molar-refractivity contribution in [1.29, 1.82) is 0 Å². The maximum atomic E-state index is 11.6. The molecule has 0 radical (unpaired) electrons. The number of nitrogens with one attached hydrogen (secondary N) is 1. The standard InChI is InChI=1S/C10H14N2O3/c1-6-3-2-4-7(6)12-9(14)5-8(13)11-10(12)15/h6-7H,2-5H2,1H3,(H,11,13,15). The van der Waals surface area contributed by atoms with Gasteiger partial charge in [0.15, 0.2) is 0 Å². The summed E-state index contributed by atoms with van der Waals surface area (Å²) in [5.41, 5.74) is 0. The van der Waals surface area contributed by atoms with Crippen molar-refractivity contribution in [3.8, 4) is 0 Å². The summed E-state index contributed by atoms with van der Waals surface area (Å²) >= 11 is 0. The number of hydrogen-bond acceptors (Lipinski definition) is 3. The highest BCUT2D eigenvalue weighted by molar-refractivity contribution is 6.14. The monoisotopic (exact) mass is 210 g/mol. The van der Waals surface area contributed by atoms with Crippen LogP contribution in [0.4, 0.5) is 4.79 Å². The molecular weight excluding hydrogens is 196 g/mol. The molecule has 1 aliphatic heterocycles. The van der Waals surface area contributed by atoms with Gasteiger partial charge in [0.05, 0.1) is 0 Å². The van der Waals surface area contributed by atoms with E-state index in [-0.39, 0.29) is 18.4 Å². The predicted octanol–water partition coefficient (Wildman–Crippen LogP) is 0.643. The highest BCUT2D eigenvalue weighted by Crippen LogP contribution is 2.30. The first kappa shape index (κ1) is 10.1. The van der Waals surface area contributed by atoms with Crippen LogP contribution in [0.2, 0.25) is 0 Å². The molecule has 1 heterocycles. The summed E-state index contributed by atoms with van der Waals surface area (Å²) in [5, 5.41) is 2.18. The second-order valence-corrected chi connectivity index (χ2v) is 4.27. The molecule has 2 atom stereocenters. The summed E-state index contributed by atoms with van der Waals surface area (Å²) in [5.74, 6) is -0.512. The van der Waals surface area contributed by atoms with Crippen LogP contribution in [0.15, 0.2) is 0 Å². The molecule has 4 amide bonds. The largest absolute Gasteiger partial charge is 0.331 e. The van der Waals surface area contributed by atoms with E-state index in [2.05, 4.69) is 5.32 Å². The summed E-state index contributed by atoms with van der Waals surface area (Å²) in [4.78, 5) is 35.3. The summed E-state index contributed by atoms with van der Waals surface area (Å²) in [6, 6.07) is -0.569. The van der Waals surface area contributed by atoms with Gasteiger partial charge in [-0.05, 0) is 18.8 Å². The van der Waals surface area contributed by atoms with Gasteiger partial charge in [-0.25, -0.2) is 4.79 Å². The van der Waals surface area contributed by atoms with Gasteiger partial charge in [-0.1, -0.05) is 13.3 Å². The first-order chi connectivity index (χ1) is 7.09. The Morgan fingerprint density at radius 1 is 1.27 bits per heavy atom. The van der Waals surface area contributed by atoms with Crippen LogP contribution in [0, 0.1) is 5.92 Å².